The Labute approximate surface area is 297 Å². The number of ketones is 1. The number of fused-ring (bicyclic) bond motifs is 1. The van der Waals surface area contributed by atoms with Gasteiger partial charge < -0.3 is 23.7 Å². The fraction of sp³-hybridized carbons (Fsp3) is 0.571. The average molecular weight is 744 g/mol. The highest BCUT2D eigenvalue weighted by Crippen LogP contribution is 2.71. The van der Waals surface area contributed by atoms with E-state index in [4.69, 9.17) is 23.7 Å². The predicted molar refractivity (Wildman–Crippen MR) is 171 cm³/mol. The molecule has 2 bridgehead atoms. The Morgan fingerprint density at radius 1 is 1.04 bits per heavy atom. The number of rotatable bonds is 11. The van der Waals surface area contributed by atoms with E-state index in [0.29, 0.717) is 25.7 Å². The molecule has 0 unspecified atom stereocenters. The van der Waals surface area contributed by atoms with Gasteiger partial charge in [-0.1, -0.05) is 43.3 Å². The fourth-order valence-corrected chi connectivity index (χ4v) is 10.8. The number of Topliss-reactive ketones (excluding diaryl/α,β-unsaturated/α-hetero) is 1. The van der Waals surface area contributed by atoms with E-state index in [1.165, 1.54) is 24.3 Å². The normalized spacial score (nSPS) is 31.5. The lowest BCUT2D eigenvalue weighted by Crippen LogP contribution is -2.71. The Morgan fingerprint density at radius 3 is 2.52 bits per heavy atom. The van der Waals surface area contributed by atoms with E-state index in [2.05, 4.69) is 16.4 Å². The molecular formula is C35H39N2O14S+. The van der Waals surface area contributed by atoms with Crippen molar-refractivity contribution in [3.8, 4) is 5.88 Å². The molecule has 5 aliphatic rings. The number of hydrogen-bond acceptors (Lipinski definition) is 14. The number of carbonyl (C=O) groups excluding carboxylic acids is 5. The van der Waals surface area contributed by atoms with Crippen molar-refractivity contribution in [2.75, 3.05) is 19.8 Å². The molecule has 3 saturated carbocycles. The molecular weight excluding hydrogens is 704 g/mol. The van der Waals surface area contributed by atoms with Crippen LogP contribution >= 0.6 is 0 Å². The van der Waals surface area contributed by atoms with Gasteiger partial charge in [0.05, 0.1) is 16.2 Å². The Morgan fingerprint density at radius 2 is 1.77 bits per heavy atom. The van der Waals surface area contributed by atoms with Crippen LogP contribution in [0.25, 0.3) is 0 Å². The second kappa shape index (κ2) is 12.7. The minimum Gasteiger partial charge on any atom is -0.465 e. The van der Waals surface area contributed by atoms with Crippen LogP contribution in [-0.4, -0.2) is 75.3 Å². The van der Waals surface area contributed by atoms with Crippen LogP contribution in [0.5, 0.6) is 5.88 Å². The number of sulfone groups is 1. The number of hydrogen-bond donors (Lipinski definition) is 1. The lowest BCUT2D eigenvalue weighted by Gasteiger charge is -2.61. The van der Waals surface area contributed by atoms with Gasteiger partial charge in [0.25, 0.3) is 9.84 Å². The highest BCUT2D eigenvalue weighted by molar-refractivity contribution is 7.91. The molecule has 2 aliphatic heterocycles. The Hall–Kier alpha value is -4.80. The second-order valence-corrected chi connectivity index (χ2v) is 16.6. The van der Waals surface area contributed by atoms with Gasteiger partial charge in [-0.3, -0.25) is 24.0 Å². The Kier molecular flexibility index (Phi) is 8.70. The topological polar surface area (TPSA) is 218 Å². The number of aromatic nitrogens is 2. The molecule has 5 fully saturated rings. The lowest BCUT2D eigenvalue weighted by molar-refractivity contribution is -0.744. The quantitative estimate of drug-likeness (QED) is 0.115. The van der Waals surface area contributed by atoms with Crippen molar-refractivity contribution in [1.82, 2.24) is 5.16 Å². The third kappa shape index (κ3) is 5.21. The summed E-state index contributed by atoms with van der Waals surface area (Å²) in [6, 6.07) is 7.18. The maximum Gasteiger partial charge on any atom is 0.404 e. The zero-order chi connectivity index (χ0) is 37.2. The third-order valence-corrected chi connectivity index (χ3v) is 13.4. The van der Waals surface area contributed by atoms with Crippen LogP contribution in [0.4, 0.5) is 0 Å². The summed E-state index contributed by atoms with van der Waals surface area (Å²) in [5.41, 5.74) is -3.07. The van der Waals surface area contributed by atoms with Gasteiger partial charge in [-0.2, -0.15) is 0 Å². The monoisotopic (exact) mass is 743 g/mol. The first-order valence-corrected chi connectivity index (χ1v) is 18.7. The molecule has 3 heterocycles. The van der Waals surface area contributed by atoms with Gasteiger partial charge in [-0.15, -0.1) is 0 Å². The molecule has 52 heavy (non-hydrogen) atoms. The van der Waals surface area contributed by atoms with Gasteiger partial charge in [0.2, 0.25) is 4.60 Å². The van der Waals surface area contributed by atoms with Gasteiger partial charge >= 0.3 is 34.8 Å². The number of nitrogens with zero attached hydrogens (tertiary/aromatic N) is 1. The molecule has 0 radical (unpaired) electrons. The van der Waals surface area contributed by atoms with Crippen molar-refractivity contribution in [2.24, 2.45) is 34.0 Å². The van der Waals surface area contributed by atoms with Gasteiger partial charge in [0, 0.05) is 18.8 Å². The molecule has 278 valence electrons. The molecule has 17 heteroatoms. The third-order valence-electron chi connectivity index (χ3n) is 11.7. The number of benzene rings is 1. The van der Waals surface area contributed by atoms with E-state index in [1.807, 2.05) is 13.8 Å². The number of aromatic amines is 1. The van der Waals surface area contributed by atoms with Crippen LogP contribution in [0.2, 0.25) is 0 Å². The number of carbonyl (C=O) groups is 5. The van der Waals surface area contributed by atoms with Gasteiger partial charge in [0.15, 0.2) is 11.2 Å². The number of esters is 4. The zero-order valence-electron chi connectivity index (χ0n) is 28.6. The van der Waals surface area contributed by atoms with Crippen molar-refractivity contribution >= 4 is 39.5 Å². The van der Waals surface area contributed by atoms with Crippen LogP contribution in [0.3, 0.4) is 0 Å². The SMILES string of the molecule is C=C1C(=O)[C@@]23C(=O)O[C@H]4CCC(C)(C)[C@H]5C(=O)OC[C@@]45[C@@H]2CC[C@@H]1[C@H]3OC(=O)CCCC(=O)OCCOc1[nH]o[n+](=O)c1S(=O)(=O)c1ccccc1. The van der Waals surface area contributed by atoms with Gasteiger partial charge in [-0.25, -0.2) is 8.42 Å². The van der Waals surface area contributed by atoms with E-state index in [0.717, 1.165) is 0 Å². The minimum atomic E-state index is -4.30. The molecule has 7 rings (SSSR count). The van der Waals surface area contributed by atoms with Crippen molar-refractivity contribution in [3.63, 3.8) is 0 Å². The van der Waals surface area contributed by atoms with E-state index in [9.17, 15) is 37.3 Å². The zero-order valence-corrected chi connectivity index (χ0v) is 29.4. The van der Waals surface area contributed by atoms with Crippen molar-refractivity contribution in [1.29, 1.82) is 0 Å². The maximum absolute atomic E-state index is 14.1. The molecule has 0 amide bonds. The van der Waals surface area contributed by atoms with Crippen LogP contribution in [-0.2, 0) is 52.8 Å². The molecule has 7 atom stereocenters. The summed E-state index contributed by atoms with van der Waals surface area (Å²) in [5, 5.41) is 1.28. The predicted octanol–water partition coefficient (Wildman–Crippen LogP) is 2.42. The molecule has 2 saturated heterocycles. The standard InChI is InChI=1S/C35H39N2O14S/c1-19-21-12-13-22-34-18-48-31(41)26(34)33(2,3)15-14-23(34)49-32(42)35(22,27(19)40)28(21)50-25(39)11-7-10-24(38)46-16-17-47-29-30(37(43)51-36-29)52(44,45)20-8-5-4-6-9-20/h4-6,8-9,21-23,26,28,36H,1,7,10-18H2,2-3H3/q+1/t21-,22-,23-,26+,28+,34+,35-/m0/s1. The summed E-state index contributed by atoms with van der Waals surface area (Å²) >= 11 is 0. The molecule has 1 aromatic heterocycles. The van der Waals surface area contributed by atoms with E-state index in [-0.39, 0.29) is 60.1 Å². The van der Waals surface area contributed by atoms with Crippen LogP contribution in [0.1, 0.15) is 58.8 Å². The van der Waals surface area contributed by atoms with Crippen molar-refractivity contribution < 1.29 is 65.3 Å². The molecule has 3 aliphatic carbocycles. The van der Waals surface area contributed by atoms with E-state index >= 15 is 0 Å². The maximum atomic E-state index is 14.1. The van der Waals surface area contributed by atoms with Crippen LogP contribution in [0.15, 0.2) is 57.0 Å². The highest BCUT2D eigenvalue weighted by Gasteiger charge is 2.81. The summed E-state index contributed by atoms with van der Waals surface area (Å²) in [5.74, 6) is -5.43. The lowest BCUT2D eigenvalue weighted by atomic mass is 9.43. The van der Waals surface area contributed by atoms with Gasteiger partial charge in [-0.05, 0) is 71.2 Å². The van der Waals surface area contributed by atoms with E-state index in [1.54, 1.807) is 6.07 Å². The second-order valence-electron chi connectivity index (χ2n) is 14.8. The summed E-state index contributed by atoms with van der Waals surface area (Å²) in [4.78, 5) is 78.8. The van der Waals surface area contributed by atoms with Crippen LogP contribution in [0, 0.1) is 38.9 Å². The molecule has 1 aromatic carbocycles. The number of nitrogens with one attached hydrogen (secondary N) is 1. The first-order chi connectivity index (χ1) is 24.7. The van der Waals surface area contributed by atoms with E-state index < -0.39 is 90.6 Å². The first kappa shape index (κ1) is 35.6. The Bertz CT molecular complexity index is 2020. The number of ether oxygens (including phenoxy) is 5. The molecule has 1 N–H and O–H groups in total. The highest BCUT2D eigenvalue weighted by atomic mass is 32.2. The first-order valence-electron chi connectivity index (χ1n) is 17.2. The largest absolute Gasteiger partial charge is 0.465 e. The summed E-state index contributed by atoms with van der Waals surface area (Å²) in [7, 11) is -4.30. The summed E-state index contributed by atoms with van der Waals surface area (Å²) < 4.78 is 58.2. The van der Waals surface area contributed by atoms with Crippen molar-refractivity contribution in [3.05, 3.63) is 47.4 Å². The summed E-state index contributed by atoms with van der Waals surface area (Å²) in [6.45, 7) is 7.31. The molecule has 2 aromatic rings. The Balaban J connectivity index is 0.960. The molecule has 2 spiro atoms. The average Bonchev–Trinajstić information content (AvgIpc) is 3.70. The smallest absolute Gasteiger partial charge is 0.404 e. The number of cyclic esters (lactones) is 1. The van der Waals surface area contributed by atoms with Crippen LogP contribution < -0.4 is 9.34 Å². The summed E-state index contributed by atoms with van der Waals surface area (Å²) in [6.07, 6.45) is -0.183. The fourth-order valence-electron chi connectivity index (χ4n) is 9.51. The number of H-pyrrole nitrogens is 1. The van der Waals surface area contributed by atoms with Gasteiger partial charge in [0.1, 0.15) is 32.0 Å². The van der Waals surface area contributed by atoms with Crippen molar-refractivity contribution in [2.45, 2.75) is 80.9 Å². The minimum absolute atomic E-state index is 0.00939. The molecule has 16 nitrogen and oxygen atoms in total.